The minimum absolute atomic E-state index is 0.0110. The molecule has 0 atom stereocenters. The number of para-hydroxylation sites is 2. The van der Waals surface area contributed by atoms with Crippen molar-refractivity contribution < 1.29 is 24.6 Å². The Morgan fingerprint density at radius 3 is 2.50 bits per heavy atom. The van der Waals surface area contributed by atoms with Crippen molar-refractivity contribution >= 4 is 40.1 Å². The summed E-state index contributed by atoms with van der Waals surface area (Å²) in [4.78, 5) is 37.4. The number of hydrogen-bond donors (Lipinski definition) is 3. The van der Waals surface area contributed by atoms with E-state index in [0.29, 0.717) is 10.9 Å². The summed E-state index contributed by atoms with van der Waals surface area (Å²) in [5.41, 5.74) is 0.214. The second-order valence-electron chi connectivity index (χ2n) is 5.16. The number of carboxylic acids is 1. The molecule has 0 saturated carbocycles. The van der Waals surface area contributed by atoms with Crippen LogP contribution < -0.4 is 10.4 Å². The van der Waals surface area contributed by atoms with Crippen molar-refractivity contribution in [3.05, 3.63) is 54.1 Å². The molecule has 2 aromatic carbocycles. The quantitative estimate of drug-likeness (QED) is 0.483. The summed E-state index contributed by atoms with van der Waals surface area (Å²) in [6.45, 7) is 0. The van der Waals surface area contributed by atoms with Crippen molar-refractivity contribution in [1.29, 1.82) is 0 Å². The fourth-order valence-corrected chi connectivity index (χ4v) is 2.30. The van der Waals surface area contributed by atoms with E-state index in [1.165, 1.54) is 24.3 Å². The molecule has 9 nitrogen and oxygen atoms in total. The molecule has 0 fully saturated rings. The highest BCUT2D eigenvalue weighted by Crippen LogP contribution is 2.35. The lowest BCUT2D eigenvalue weighted by Gasteiger charge is -2.09. The van der Waals surface area contributed by atoms with E-state index in [4.69, 9.17) is 0 Å². The van der Waals surface area contributed by atoms with Crippen molar-refractivity contribution in [1.82, 2.24) is 4.98 Å². The van der Waals surface area contributed by atoms with Gasteiger partial charge in [-0.1, -0.05) is 36.4 Å². The highest BCUT2D eigenvalue weighted by molar-refractivity contribution is 6.40. The first-order chi connectivity index (χ1) is 12.5. The van der Waals surface area contributed by atoms with Gasteiger partial charge in [-0.15, -0.1) is 10.2 Å². The number of aromatic nitrogens is 1. The number of nitrogens with zero attached hydrogens (tertiary/aromatic N) is 2. The molecule has 0 spiro atoms. The van der Waals surface area contributed by atoms with Crippen LogP contribution in [0.4, 0.5) is 11.4 Å². The molecule has 3 rings (SSSR count). The Morgan fingerprint density at radius 1 is 1.04 bits per heavy atom. The van der Waals surface area contributed by atoms with Crippen molar-refractivity contribution in [2.45, 2.75) is 0 Å². The van der Waals surface area contributed by atoms with Crippen LogP contribution in [0.15, 0.2) is 58.8 Å². The zero-order valence-electron chi connectivity index (χ0n) is 13.1. The van der Waals surface area contributed by atoms with Gasteiger partial charge in [0.05, 0.1) is 17.2 Å². The third kappa shape index (κ3) is 3.26. The first kappa shape index (κ1) is 16.8. The lowest BCUT2D eigenvalue weighted by molar-refractivity contribution is -0.254. The maximum absolute atomic E-state index is 11.9. The van der Waals surface area contributed by atoms with Crippen LogP contribution in [0.1, 0.15) is 10.4 Å². The average molecular weight is 351 g/mol. The number of H-pyrrole nitrogens is 1. The van der Waals surface area contributed by atoms with Crippen molar-refractivity contribution in [2.75, 3.05) is 5.32 Å². The summed E-state index contributed by atoms with van der Waals surface area (Å²) in [6, 6.07) is 12.3. The summed E-state index contributed by atoms with van der Waals surface area (Å²) < 4.78 is 0. The summed E-state index contributed by atoms with van der Waals surface area (Å²) in [6.07, 6.45) is 0. The maximum atomic E-state index is 11.9. The van der Waals surface area contributed by atoms with Gasteiger partial charge >= 0.3 is 11.8 Å². The van der Waals surface area contributed by atoms with Gasteiger partial charge in [0.25, 0.3) is 0 Å². The third-order valence-electron chi connectivity index (χ3n) is 3.49. The molecule has 0 saturated heterocycles. The predicted octanol–water partition coefficient (Wildman–Crippen LogP) is 1.49. The molecule has 3 N–H and O–H groups in total. The van der Waals surface area contributed by atoms with Gasteiger partial charge in [0, 0.05) is 10.9 Å². The van der Waals surface area contributed by atoms with Gasteiger partial charge in [-0.25, -0.2) is 0 Å². The first-order valence-corrected chi connectivity index (χ1v) is 7.34. The number of azo groups is 1. The van der Waals surface area contributed by atoms with Crippen molar-refractivity contribution in [3.8, 4) is 5.88 Å². The highest BCUT2D eigenvalue weighted by Gasteiger charge is 2.16. The third-order valence-corrected chi connectivity index (χ3v) is 3.49. The van der Waals surface area contributed by atoms with Crippen LogP contribution in [0.3, 0.4) is 0 Å². The van der Waals surface area contributed by atoms with Crippen LogP contribution in [0, 0.1) is 0 Å². The normalized spacial score (nSPS) is 10.9. The summed E-state index contributed by atoms with van der Waals surface area (Å²) >= 11 is 0. The number of carbonyl (C=O) groups is 3. The van der Waals surface area contributed by atoms with Crippen LogP contribution in [-0.4, -0.2) is 27.9 Å². The van der Waals surface area contributed by atoms with Crippen LogP contribution in [0.5, 0.6) is 5.88 Å². The Hall–Kier alpha value is -4.01. The zero-order valence-corrected chi connectivity index (χ0v) is 13.1. The molecule has 0 aliphatic carbocycles. The molecule has 26 heavy (non-hydrogen) atoms. The van der Waals surface area contributed by atoms with E-state index < -0.39 is 17.8 Å². The molecule has 0 bridgehead atoms. The van der Waals surface area contributed by atoms with E-state index in [1.807, 2.05) is 0 Å². The molecular formula is C17H11N4O5-. The van der Waals surface area contributed by atoms with E-state index in [2.05, 4.69) is 20.5 Å². The molecular weight excluding hydrogens is 340 g/mol. The molecule has 1 aromatic heterocycles. The second-order valence-corrected chi connectivity index (χ2v) is 5.16. The number of fused-ring (bicyclic) bond motifs is 1. The fourth-order valence-electron chi connectivity index (χ4n) is 2.30. The number of aromatic hydroxyl groups is 1. The zero-order chi connectivity index (χ0) is 18.7. The Morgan fingerprint density at radius 2 is 1.73 bits per heavy atom. The molecule has 0 aliphatic heterocycles. The van der Waals surface area contributed by atoms with E-state index in [9.17, 15) is 24.6 Å². The smallest absolute Gasteiger partial charge is 0.353 e. The topological polar surface area (TPSA) is 147 Å². The van der Waals surface area contributed by atoms with Gasteiger partial charge in [-0.05, 0) is 12.1 Å². The number of benzene rings is 2. The summed E-state index contributed by atoms with van der Waals surface area (Å²) in [5, 5.41) is 30.4. The fraction of sp³-hybridized carbons (Fsp3) is 0. The maximum Gasteiger partial charge on any atom is 0.353 e. The van der Waals surface area contributed by atoms with E-state index >= 15 is 0 Å². The van der Waals surface area contributed by atoms with Gasteiger partial charge in [0.15, 0.2) is 5.69 Å². The van der Waals surface area contributed by atoms with Gasteiger partial charge < -0.3 is 25.3 Å². The monoisotopic (exact) mass is 351 g/mol. The molecule has 0 unspecified atom stereocenters. The Kier molecular flexibility index (Phi) is 4.44. The Labute approximate surface area is 146 Å². The standard InChI is InChI=1S/C17H12N4O5/c22-14-13(9-5-1-3-7-11(9)18-14)20-21-16(24)15(23)19-12-8-4-2-6-10(12)17(25)26/h1-8,18,22H,(H,19,23)(H,25,26)/p-1. The molecule has 1 heterocycles. The first-order valence-electron chi connectivity index (χ1n) is 7.34. The van der Waals surface area contributed by atoms with Crippen LogP contribution in [-0.2, 0) is 9.59 Å². The second kappa shape index (κ2) is 6.85. The number of rotatable bonds is 3. The Balaban J connectivity index is 1.79. The minimum Gasteiger partial charge on any atom is -0.545 e. The number of nitrogens with one attached hydrogen (secondary N) is 2. The molecule has 130 valence electrons. The highest BCUT2D eigenvalue weighted by atomic mass is 16.4. The van der Waals surface area contributed by atoms with Crippen LogP contribution in [0.25, 0.3) is 10.9 Å². The van der Waals surface area contributed by atoms with Crippen LogP contribution >= 0.6 is 0 Å². The number of carboxylic acid groups (broad SMARTS) is 1. The Bertz CT molecular complexity index is 1050. The number of carbonyl (C=O) groups excluding carboxylic acids is 3. The lowest BCUT2D eigenvalue weighted by atomic mass is 10.2. The van der Waals surface area contributed by atoms with E-state index in [-0.39, 0.29) is 22.8 Å². The number of hydrogen-bond acceptors (Lipinski definition) is 6. The largest absolute Gasteiger partial charge is 0.545 e. The molecule has 0 aliphatic rings. The molecule has 0 radical (unpaired) electrons. The summed E-state index contributed by atoms with van der Waals surface area (Å²) in [7, 11) is 0. The molecule has 2 amide bonds. The number of anilines is 1. The molecule has 3 aromatic rings. The SMILES string of the molecule is O=C(N=Nc1c(O)[nH]c2ccccc12)C(=O)Nc1ccccc1C(=O)[O-]. The van der Waals surface area contributed by atoms with Crippen LogP contribution in [0.2, 0.25) is 0 Å². The van der Waals surface area contributed by atoms with Gasteiger partial charge in [-0.2, -0.15) is 0 Å². The van der Waals surface area contributed by atoms with E-state index in [0.717, 1.165) is 0 Å². The number of amides is 2. The number of aromatic amines is 1. The van der Waals surface area contributed by atoms with Gasteiger partial charge in [-0.3, -0.25) is 9.59 Å². The van der Waals surface area contributed by atoms with Gasteiger partial charge in [0.2, 0.25) is 5.88 Å². The average Bonchev–Trinajstić information content (AvgIpc) is 2.95. The number of aromatic carboxylic acids is 1. The van der Waals surface area contributed by atoms with Gasteiger partial charge in [0.1, 0.15) is 0 Å². The van der Waals surface area contributed by atoms with Crippen molar-refractivity contribution in [3.63, 3.8) is 0 Å². The minimum atomic E-state index is -1.50. The van der Waals surface area contributed by atoms with Crippen molar-refractivity contribution in [2.24, 2.45) is 10.2 Å². The van der Waals surface area contributed by atoms with E-state index in [1.54, 1.807) is 24.3 Å². The lowest BCUT2D eigenvalue weighted by Crippen LogP contribution is -2.26. The summed E-state index contributed by atoms with van der Waals surface area (Å²) in [5.74, 6) is -4.24. The predicted molar refractivity (Wildman–Crippen MR) is 88.9 cm³/mol. The molecule has 9 heteroatoms.